The molecule has 1 aromatic heterocycles. The molecule has 0 fully saturated rings. The molecule has 0 bridgehead atoms. The molecular formula is C23H22N4O5. The molecule has 0 spiro atoms. The third-order valence-electron chi connectivity index (χ3n) is 5.23. The number of benzene rings is 2. The Morgan fingerprint density at radius 1 is 1.19 bits per heavy atom. The Morgan fingerprint density at radius 2 is 1.84 bits per heavy atom. The van der Waals surface area contributed by atoms with Gasteiger partial charge in [0.2, 0.25) is 17.5 Å². The van der Waals surface area contributed by atoms with Gasteiger partial charge in [-0.05, 0) is 48.9 Å². The highest BCUT2D eigenvalue weighted by Gasteiger charge is 2.36. The molecule has 4 N–H and O–H groups in total. The number of hydrogen-bond acceptors (Lipinski definition) is 8. The van der Waals surface area contributed by atoms with Crippen molar-refractivity contribution in [1.29, 1.82) is 5.26 Å². The zero-order valence-corrected chi connectivity index (χ0v) is 17.8. The van der Waals surface area contributed by atoms with Crippen LogP contribution in [0, 0.1) is 11.3 Å². The normalized spacial score (nSPS) is 14.9. The summed E-state index contributed by atoms with van der Waals surface area (Å²) < 4.78 is 21.8. The number of aromatic hydroxyl groups is 1. The number of phenols is 1. The van der Waals surface area contributed by atoms with Gasteiger partial charge in [-0.25, -0.2) is 0 Å². The quantitative estimate of drug-likeness (QED) is 0.537. The van der Waals surface area contributed by atoms with Gasteiger partial charge in [-0.3, -0.25) is 5.10 Å². The predicted octanol–water partition coefficient (Wildman–Crippen LogP) is 3.42. The lowest BCUT2D eigenvalue weighted by Crippen LogP contribution is -2.21. The summed E-state index contributed by atoms with van der Waals surface area (Å²) in [6.07, 6.45) is 0. The standard InChI is InChI=1S/C23H22N4O5/c1-4-31-14-7-5-12(6-8-14)20-19-18(15(11-24)22(25)32-23(19)27-26-20)13-9-16(29-2)21(28)17(10-13)30-3/h5-10,18,28H,4,25H2,1-3H3,(H,26,27)/t18-/m1/s1. The summed E-state index contributed by atoms with van der Waals surface area (Å²) >= 11 is 0. The van der Waals surface area contributed by atoms with Crippen LogP contribution in [0.5, 0.6) is 28.9 Å². The number of rotatable bonds is 6. The van der Waals surface area contributed by atoms with E-state index in [4.69, 9.17) is 24.7 Å². The average molecular weight is 434 g/mol. The van der Waals surface area contributed by atoms with Crippen molar-refractivity contribution < 1.29 is 24.1 Å². The van der Waals surface area contributed by atoms with Gasteiger partial charge in [-0.15, -0.1) is 5.10 Å². The maximum Gasteiger partial charge on any atom is 0.244 e. The van der Waals surface area contributed by atoms with Gasteiger partial charge < -0.3 is 29.8 Å². The molecule has 2 aromatic carbocycles. The Hall–Kier alpha value is -4.32. The first-order chi connectivity index (χ1) is 15.5. The van der Waals surface area contributed by atoms with E-state index in [1.54, 1.807) is 12.1 Å². The number of nitrogens with two attached hydrogens (primary N) is 1. The number of H-pyrrole nitrogens is 1. The van der Waals surface area contributed by atoms with Gasteiger partial charge in [0.25, 0.3) is 0 Å². The summed E-state index contributed by atoms with van der Waals surface area (Å²) in [4.78, 5) is 0. The number of ether oxygens (including phenoxy) is 4. The van der Waals surface area contributed by atoms with Gasteiger partial charge in [-0.1, -0.05) is 0 Å². The molecule has 3 aromatic rings. The zero-order valence-electron chi connectivity index (χ0n) is 17.8. The SMILES string of the molecule is CCOc1ccc(-c2[nH]nc3c2[C@H](c2cc(OC)c(O)c(OC)c2)C(C#N)=C(N)O3)cc1. The van der Waals surface area contributed by atoms with E-state index in [9.17, 15) is 10.4 Å². The average Bonchev–Trinajstić information content (AvgIpc) is 3.22. The second-order valence-corrected chi connectivity index (χ2v) is 6.97. The Bertz CT molecular complexity index is 1200. The van der Waals surface area contributed by atoms with Crippen LogP contribution in [0.2, 0.25) is 0 Å². The number of methoxy groups -OCH3 is 2. The fraction of sp³-hybridized carbons (Fsp3) is 0.217. The number of nitrogens with one attached hydrogen (secondary N) is 1. The summed E-state index contributed by atoms with van der Waals surface area (Å²) in [6, 6.07) is 12.9. The van der Waals surface area contributed by atoms with Gasteiger partial charge in [0.1, 0.15) is 17.4 Å². The van der Waals surface area contributed by atoms with Crippen LogP contribution >= 0.6 is 0 Å². The van der Waals surface area contributed by atoms with E-state index in [2.05, 4.69) is 16.3 Å². The number of hydrogen-bond donors (Lipinski definition) is 3. The number of aromatic amines is 1. The number of nitriles is 1. The molecule has 9 nitrogen and oxygen atoms in total. The van der Waals surface area contributed by atoms with Crippen molar-refractivity contribution >= 4 is 0 Å². The molecule has 0 saturated heterocycles. The lowest BCUT2D eigenvalue weighted by atomic mass is 9.82. The highest BCUT2D eigenvalue weighted by Crippen LogP contribution is 2.48. The van der Waals surface area contributed by atoms with Crippen molar-refractivity contribution in [3.63, 3.8) is 0 Å². The minimum Gasteiger partial charge on any atom is -0.502 e. The van der Waals surface area contributed by atoms with E-state index in [1.807, 2.05) is 31.2 Å². The summed E-state index contributed by atoms with van der Waals surface area (Å²) in [5.74, 6) is 0.603. The molecule has 1 aliphatic heterocycles. The van der Waals surface area contributed by atoms with E-state index in [0.717, 1.165) is 11.3 Å². The molecular weight excluding hydrogens is 412 g/mol. The predicted molar refractivity (Wildman–Crippen MR) is 116 cm³/mol. The number of phenolic OH excluding ortho intramolecular Hbond substituents is 1. The number of allylic oxidation sites excluding steroid dienone is 1. The number of nitrogens with zero attached hydrogens (tertiary/aromatic N) is 2. The molecule has 0 aliphatic carbocycles. The molecule has 164 valence electrons. The van der Waals surface area contributed by atoms with Gasteiger partial charge in [0.05, 0.1) is 38.0 Å². The van der Waals surface area contributed by atoms with Crippen LogP contribution in [0.3, 0.4) is 0 Å². The lowest BCUT2D eigenvalue weighted by Gasteiger charge is -2.25. The van der Waals surface area contributed by atoms with Crippen molar-refractivity contribution in [3.8, 4) is 46.2 Å². The fourth-order valence-electron chi connectivity index (χ4n) is 3.76. The third kappa shape index (κ3) is 3.41. The van der Waals surface area contributed by atoms with Crippen molar-refractivity contribution in [2.75, 3.05) is 20.8 Å². The Balaban J connectivity index is 1.91. The van der Waals surface area contributed by atoms with Crippen molar-refractivity contribution in [3.05, 3.63) is 59.0 Å². The molecule has 2 heterocycles. The van der Waals surface area contributed by atoms with Crippen LogP contribution in [0.25, 0.3) is 11.3 Å². The van der Waals surface area contributed by atoms with Crippen LogP contribution < -0.4 is 24.7 Å². The first-order valence-electron chi connectivity index (χ1n) is 9.86. The minimum absolute atomic E-state index is 0.0410. The minimum atomic E-state index is -0.632. The molecule has 1 atom stereocenters. The van der Waals surface area contributed by atoms with Crippen molar-refractivity contribution in [2.45, 2.75) is 12.8 Å². The smallest absolute Gasteiger partial charge is 0.244 e. The molecule has 0 saturated carbocycles. The Labute approximate surface area is 184 Å². The summed E-state index contributed by atoms with van der Waals surface area (Å²) in [5, 5.41) is 27.5. The van der Waals surface area contributed by atoms with E-state index < -0.39 is 5.92 Å². The van der Waals surface area contributed by atoms with Crippen LogP contribution in [-0.2, 0) is 0 Å². The van der Waals surface area contributed by atoms with Gasteiger partial charge in [0.15, 0.2) is 11.5 Å². The summed E-state index contributed by atoms with van der Waals surface area (Å²) in [7, 11) is 2.87. The first kappa shape index (κ1) is 20.9. The monoisotopic (exact) mass is 434 g/mol. The molecule has 1 aliphatic rings. The second-order valence-electron chi connectivity index (χ2n) is 6.97. The Kier molecular flexibility index (Phi) is 5.52. The first-order valence-corrected chi connectivity index (χ1v) is 9.86. The fourth-order valence-corrected chi connectivity index (χ4v) is 3.76. The molecule has 0 amide bonds. The number of fused-ring (bicyclic) bond motifs is 1. The molecule has 0 unspecified atom stereocenters. The maximum absolute atomic E-state index is 10.3. The van der Waals surface area contributed by atoms with Crippen LogP contribution in [0.15, 0.2) is 47.9 Å². The van der Waals surface area contributed by atoms with Crippen molar-refractivity contribution in [2.24, 2.45) is 5.73 Å². The van der Waals surface area contributed by atoms with Crippen molar-refractivity contribution in [1.82, 2.24) is 10.2 Å². The van der Waals surface area contributed by atoms with Gasteiger partial charge in [-0.2, -0.15) is 5.26 Å². The zero-order chi connectivity index (χ0) is 22.8. The van der Waals surface area contributed by atoms with E-state index in [1.165, 1.54) is 14.2 Å². The van der Waals surface area contributed by atoms with Crippen LogP contribution in [0.4, 0.5) is 0 Å². The van der Waals surface area contributed by atoms with Crippen LogP contribution in [0.1, 0.15) is 24.0 Å². The van der Waals surface area contributed by atoms with E-state index in [-0.39, 0.29) is 34.6 Å². The third-order valence-corrected chi connectivity index (χ3v) is 5.23. The highest BCUT2D eigenvalue weighted by molar-refractivity contribution is 5.72. The lowest BCUT2D eigenvalue weighted by molar-refractivity contribution is 0.338. The topological polar surface area (TPSA) is 136 Å². The van der Waals surface area contributed by atoms with E-state index in [0.29, 0.717) is 23.4 Å². The van der Waals surface area contributed by atoms with Gasteiger partial charge in [0, 0.05) is 5.56 Å². The summed E-state index contributed by atoms with van der Waals surface area (Å²) in [6.45, 7) is 2.48. The van der Waals surface area contributed by atoms with Crippen LogP contribution in [-0.4, -0.2) is 36.1 Å². The molecule has 4 rings (SSSR count). The highest BCUT2D eigenvalue weighted by atomic mass is 16.5. The molecule has 0 radical (unpaired) electrons. The van der Waals surface area contributed by atoms with E-state index >= 15 is 0 Å². The Morgan fingerprint density at radius 3 is 2.41 bits per heavy atom. The second kappa shape index (κ2) is 8.43. The number of aromatic nitrogens is 2. The summed E-state index contributed by atoms with van der Waals surface area (Å²) in [5.41, 5.74) is 9.01. The molecule has 9 heteroatoms. The largest absolute Gasteiger partial charge is 0.502 e. The molecule has 32 heavy (non-hydrogen) atoms. The maximum atomic E-state index is 10.3. The van der Waals surface area contributed by atoms with Gasteiger partial charge >= 0.3 is 0 Å².